The van der Waals surface area contributed by atoms with E-state index in [0.29, 0.717) is 6.54 Å². The van der Waals surface area contributed by atoms with Gasteiger partial charge in [-0.1, -0.05) is 13.0 Å². The van der Waals surface area contributed by atoms with Crippen LogP contribution in [-0.4, -0.2) is 31.6 Å². The van der Waals surface area contributed by atoms with Crippen LogP contribution in [0.4, 0.5) is 10.1 Å². The van der Waals surface area contributed by atoms with Gasteiger partial charge in [0.05, 0.1) is 11.8 Å². The number of halogens is 1. The van der Waals surface area contributed by atoms with Gasteiger partial charge in [0.1, 0.15) is 5.82 Å². The van der Waals surface area contributed by atoms with E-state index in [9.17, 15) is 14.0 Å². The number of hydrogen-bond acceptors (Lipinski definition) is 3. The van der Waals surface area contributed by atoms with E-state index < -0.39 is 11.7 Å². The zero-order valence-corrected chi connectivity index (χ0v) is 13.2. The normalized spacial score (nSPS) is 11.8. The summed E-state index contributed by atoms with van der Waals surface area (Å²) in [5.74, 6) is -1.11. The standard InChI is InChI=1S/C16H23FN2O3/c1-4-12(22-3)10-18-15(20)7-8-16(21)19-14-9-11(2)5-6-13(14)17/h5-6,9,12H,4,7-8,10H2,1-3H3,(H,18,20)(H,19,21). The summed E-state index contributed by atoms with van der Waals surface area (Å²) in [6.07, 6.45) is 0.825. The van der Waals surface area contributed by atoms with Gasteiger partial charge in [0, 0.05) is 26.5 Å². The molecule has 0 aliphatic rings. The minimum absolute atomic E-state index is 0.00297. The van der Waals surface area contributed by atoms with Crippen LogP contribution in [0.15, 0.2) is 18.2 Å². The highest BCUT2D eigenvalue weighted by Crippen LogP contribution is 2.15. The second kappa shape index (κ2) is 9.15. The molecule has 5 nitrogen and oxygen atoms in total. The monoisotopic (exact) mass is 310 g/mol. The maximum Gasteiger partial charge on any atom is 0.224 e. The fourth-order valence-electron chi connectivity index (χ4n) is 1.89. The molecule has 1 rings (SSSR count). The van der Waals surface area contributed by atoms with Gasteiger partial charge in [0.25, 0.3) is 0 Å². The molecule has 0 spiro atoms. The number of amides is 2. The lowest BCUT2D eigenvalue weighted by Gasteiger charge is -2.13. The second-order valence-corrected chi connectivity index (χ2v) is 5.10. The van der Waals surface area contributed by atoms with Gasteiger partial charge in [-0.05, 0) is 31.0 Å². The number of anilines is 1. The minimum Gasteiger partial charge on any atom is -0.380 e. The first kappa shape index (κ1) is 18.1. The van der Waals surface area contributed by atoms with Gasteiger partial charge < -0.3 is 15.4 Å². The fourth-order valence-corrected chi connectivity index (χ4v) is 1.89. The lowest BCUT2D eigenvalue weighted by atomic mass is 10.2. The Hall–Kier alpha value is -1.95. The van der Waals surface area contributed by atoms with Crippen LogP contribution in [0, 0.1) is 12.7 Å². The quantitative estimate of drug-likeness (QED) is 0.775. The summed E-state index contributed by atoms with van der Waals surface area (Å²) in [4.78, 5) is 23.4. The van der Waals surface area contributed by atoms with Crippen LogP contribution >= 0.6 is 0 Å². The number of carbonyl (C=O) groups excluding carboxylic acids is 2. The number of ether oxygens (including phenoxy) is 1. The number of carbonyl (C=O) groups is 2. The van der Waals surface area contributed by atoms with Crippen LogP contribution in [0.3, 0.4) is 0 Å². The Morgan fingerprint density at radius 1 is 1.27 bits per heavy atom. The Labute approximate surface area is 130 Å². The molecular formula is C16H23FN2O3. The molecule has 0 saturated carbocycles. The van der Waals surface area contributed by atoms with Crippen molar-refractivity contribution in [2.24, 2.45) is 0 Å². The summed E-state index contributed by atoms with van der Waals surface area (Å²) in [5.41, 5.74) is 0.982. The predicted octanol–water partition coefficient (Wildman–Crippen LogP) is 2.39. The van der Waals surface area contributed by atoms with Crippen LogP contribution in [0.2, 0.25) is 0 Å². The molecule has 1 aromatic carbocycles. The first-order valence-corrected chi connectivity index (χ1v) is 7.31. The summed E-state index contributed by atoms with van der Waals surface area (Å²) in [6, 6.07) is 4.48. The van der Waals surface area contributed by atoms with Crippen molar-refractivity contribution < 1.29 is 18.7 Å². The highest BCUT2D eigenvalue weighted by atomic mass is 19.1. The zero-order valence-electron chi connectivity index (χ0n) is 13.2. The maximum absolute atomic E-state index is 13.5. The molecule has 0 bridgehead atoms. The van der Waals surface area contributed by atoms with Crippen LogP contribution in [-0.2, 0) is 14.3 Å². The SMILES string of the molecule is CCC(CNC(=O)CCC(=O)Nc1cc(C)ccc1F)OC. The largest absolute Gasteiger partial charge is 0.380 e. The van der Waals surface area contributed by atoms with Gasteiger partial charge in [-0.3, -0.25) is 9.59 Å². The topological polar surface area (TPSA) is 67.4 Å². The third-order valence-corrected chi connectivity index (χ3v) is 3.29. The molecule has 2 amide bonds. The minimum atomic E-state index is -0.491. The van der Waals surface area contributed by atoms with Gasteiger partial charge in [0.2, 0.25) is 11.8 Å². The maximum atomic E-state index is 13.5. The smallest absolute Gasteiger partial charge is 0.224 e. The molecule has 0 aliphatic carbocycles. The van der Waals surface area contributed by atoms with Gasteiger partial charge in [0.15, 0.2) is 0 Å². The number of methoxy groups -OCH3 is 1. The summed E-state index contributed by atoms with van der Waals surface area (Å²) >= 11 is 0. The van der Waals surface area contributed by atoms with Crippen molar-refractivity contribution in [2.45, 2.75) is 39.2 Å². The van der Waals surface area contributed by atoms with E-state index in [4.69, 9.17) is 4.74 Å². The van der Waals surface area contributed by atoms with Crippen LogP contribution < -0.4 is 10.6 Å². The van der Waals surface area contributed by atoms with Crippen molar-refractivity contribution in [3.05, 3.63) is 29.6 Å². The fraction of sp³-hybridized carbons (Fsp3) is 0.500. The molecule has 0 radical (unpaired) electrons. The molecule has 0 fully saturated rings. The molecular weight excluding hydrogens is 287 g/mol. The van der Waals surface area contributed by atoms with Gasteiger partial charge in [-0.15, -0.1) is 0 Å². The van der Waals surface area contributed by atoms with Crippen LogP contribution in [0.1, 0.15) is 31.7 Å². The lowest BCUT2D eigenvalue weighted by Crippen LogP contribution is -2.33. The van der Waals surface area contributed by atoms with Crippen molar-refractivity contribution in [3.8, 4) is 0 Å². The van der Waals surface area contributed by atoms with E-state index in [-0.39, 0.29) is 30.5 Å². The third kappa shape index (κ3) is 6.22. The molecule has 0 heterocycles. The van der Waals surface area contributed by atoms with Gasteiger partial charge in [-0.2, -0.15) is 0 Å². The highest BCUT2D eigenvalue weighted by Gasteiger charge is 2.11. The van der Waals surface area contributed by atoms with Crippen molar-refractivity contribution >= 4 is 17.5 Å². The van der Waals surface area contributed by atoms with Crippen molar-refractivity contribution in [3.63, 3.8) is 0 Å². The number of benzene rings is 1. The average Bonchev–Trinajstić information content (AvgIpc) is 2.50. The predicted molar refractivity (Wildman–Crippen MR) is 83.1 cm³/mol. The van der Waals surface area contributed by atoms with E-state index in [1.807, 2.05) is 13.8 Å². The summed E-state index contributed by atoms with van der Waals surface area (Å²) in [5, 5.41) is 5.18. The molecule has 22 heavy (non-hydrogen) atoms. The van der Waals surface area contributed by atoms with E-state index in [0.717, 1.165) is 12.0 Å². The number of aryl methyl sites for hydroxylation is 1. The Morgan fingerprint density at radius 2 is 1.95 bits per heavy atom. The Balaban J connectivity index is 2.36. The van der Waals surface area contributed by atoms with Gasteiger partial charge >= 0.3 is 0 Å². The molecule has 2 N–H and O–H groups in total. The first-order valence-electron chi connectivity index (χ1n) is 7.31. The van der Waals surface area contributed by atoms with Gasteiger partial charge in [-0.25, -0.2) is 4.39 Å². The van der Waals surface area contributed by atoms with Crippen LogP contribution in [0.5, 0.6) is 0 Å². The summed E-state index contributed by atoms with van der Waals surface area (Å²) in [6.45, 7) is 4.19. The molecule has 1 aromatic rings. The summed E-state index contributed by atoms with van der Waals surface area (Å²) < 4.78 is 18.7. The Morgan fingerprint density at radius 3 is 2.59 bits per heavy atom. The molecule has 0 aliphatic heterocycles. The Kier molecular flexibility index (Phi) is 7.52. The average molecular weight is 310 g/mol. The molecule has 1 atom stereocenters. The van der Waals surface area contributed by atoms with Crippen molar-refractivity contribution in [1.82, 2.24) is 5.32 Å². The lowest BCUT2D eigenvalue weighted by molar-refractivity contribution is -0.124. The zero-order chi connectivity index (χ0) is 16.5. The van der Waals surface area contributed by atoms with E-state index >= 15 is 0 Å². The number of nitrogens with one attached hydrogen (secondary N) is 2. The Bertz CT molecular complexity index is 516. The molecule has 6 heteroatoms. The number of rotatable bonds is 8. The summed E-state index contributed by atoms with van der Waals surface area (Å²) in [7, 11) is 1.59. The second-order valence-electron chi connectivity index (χ2n) is 5.10. The van der Waals surface area contributed by atoms with Crippen molar-refractivity contribution in [2.75, 3.05) is 19.0 Å². The molecule has 1 unspecified atom stereocenters. The van der Waals surface area contributed by atoms with E-state index in [1.54, 1.807) is 19.2 Å². The molecule has 0 saturated heterocycles. The van der Waals surface area contributed by atoms with Crippen molar-refractivity contribution in [1.29, 1.82) is 0 Å². The molecule has 0 aromatic heterocycles. The first-order chi connectivity index (χ1) is 10.5. The molecule has 122 valence electrons. The van der Waals surface area contributed by atoms with E-state index in [1.165, 1.54) is 6.07 Å². The van der Waals surface area contributed by atoms with Crippen LogP contribution in [0.25, 0.3) is 0 Å². The van der Waals surface area contributed by atoms with E-state index in [2.05, 4.69) is 10.6 Å². The highest BCUT2D eigenvalue weighted by molar-refractivity contribution is 5.93. The number of hydrogen-bond donors (Lipinski definition) is 2. The third-order valence-electron chi connectivity index (χ3n) is 3.29.